The van der Waals surface area contributed by atoms with Crippen LogP contribution in [0.25, 0.3) is 0 Å². The molecule has 0 bridgehead atoms. The summed E-state index contributed by atoms with van der Waals surface area (Å²) in [7, 11) is 0. The Kier molecular flexibility index (Phi) is 4.76. The van der Waals surface area contributed by atoms with Crippen molar-refractivity contribution in [2.75, 3.05) is 26.2 Å². The molecular formula is C24H28ClNO2. The molecule has 2 aromatic rings. The van der Waals surface area contributed by atoms with Gasteiger partial charge in [-0.3, -0.25) is 0 Å². The first kappa shape index (κ1) is 18.3. The summed E-state index contributed by atoms with van der Waals surface area (Å²) in [4.78, 5) is 2.59. The summed E-state index contributed by atoms with van der Waals surface area (Å²) in [5, 5.41) is 0.815. The highest BCUT2D eigenvalue weighted by atomic mass is 35.5. The van der Waals surface area contributed by atoms with Gasteiger partial charge in [0.15, 0.2) is 0 Å². The molecule has 2 heterocycles. The number of likely N-dealkylation sites (tertiary alicyclic amines) is 1. The number of benzene rings is 2. The van der Waals surface area contributed by atoms with E-state index in [1.165, 1.54) is 50.0 Å². The van der Waals surface area contributed by atoms with Crippen LogP contribution in [-0.4, -0.2) is 31.1 Å². The predicted octanol–water partition coefficient (Wildman–Crippen LogP) is 5.54. The van der Waals surface area contributed by atoms with Crippen LogP contribution < -0.4 is 9.47 Å². The smallest absolute Gasteiger partial charge is 0.126 e. The maximum absolute atomic E-state index is 6.45. The Morgan fingerprint density at radius 3 is 2.89 bits per heavy atom. The van der Waals surface area contributed by atoms with E-state index in [2.05, 4.69) is 36.1 Å². The lowest BCUT2D eigenvalue weighted by Crippen LogP contribution is -2.43. The van der Waals surface area contributed by atoms with Crippen LogP contribution in [0.4, 0.5) is 0 Å². The van der Waals surface area contributed by atoms with E-state index in [-0.39, 0.29) is 11.5 Å². The van der Waals surface area contributed by atoms with Gasteiger partial charge in [0.2, 0.25) is 0 Å². The van der Waals surface area contributed by atoms with E-state index in [1.54, 1.807) is 0 Å². The molecule has 1 unspecified atom stereocenters. The van der Waals surface area contributed by atoms with Crippen molar-refractivity contribution in [3.05, 3.63) is 58.1 Å². The molecule has 1 saturated heterocycles. The van der Waals surface area contributed by atoms with E-state index in [9.17, 15) is 0 Å². The Balaban J connectivity index is 1.33. The number of aryl methyl sites for hydroxylation is 1. The number of ether oxygens (including phenoxy) is 2. The van der Waals surface area contributed by atoms with E-state index in [1.807, 2.05) is 12.1 Å². The highest BCUT2D eigenvalue weighted by molar-refractivity contribution is 6.31. The summed E-state index contributed by atoms with van der Waals surface area (Å²) >= 11 is 6.45. The highest BCUT2D eigenvalue weighted by Crippen LogP contribution is 2.47. The summed E-state index contributed by atoms with van der Waals surface area (Å²) in [5.41, 5.74) is 4.04. The molecule has 5 rings (SSSR count). The van der Waals surface area contributed by atoms with Gasteiger partial charge in [0.1, 0.15) is 17.6 Å². The number of nitrogens with zero attached hydrogens (tertiary/aromatic N) is 1. The molecule has 3 aliphatic rings. The molecular weight excluding hydrogens is 370 g/mol. The molecule has 148 valence electrons. The minimum atomic E-state index is 0.0365. The fourth-order valence-electron chi connectivity index (χ4n) is 5.24. The van der Waals surface area contributed by atoms with Crippen molar-refractivity contribution in [1.82, 2.24) is 4.90 Å². The lowest BCUT2D eigenvalue weighted by atomic mass is 9.74. The minimum absolute atomic E-state index is 0.0365. The largest absolute Gasteiger partial charge is 0.492 e. The summed E-state index contributed by atoms with van der Waals surface area (Å²) in [6.07, 6.45) is 5.65. The van der Waals surface area contributed by atoms with Gasteiger partial charge in [0.05, 0.1) is 6.61 Å². The monoisotopic (exact) mass is 397 g/mol. The van der Waals surface area contributed by atoms with Gasteiger partial charge in [-0.25, -0.2) is 0 Å². The van der Waals surface area contributed by atoms with E-state index in [4.69, 9.17) is 21.1 Å². The molecule has 1 spiro atoms. The van der Waals surface area contributed by atoms with E-state index in [0.717, 1.165) is 41.5 Å². The SMILES string of the molecule is CCCN1CCC2(CC1)COc1cc(OC3CCc4cccc(Cl)c43)ccc12. The molecule has 1 atom stereocenters. The Hall–Kier alpha value is -1.71. The first-order chi connectivity index (χ1) is 13.7. The van der Waals surface area contributed by atoms with E-state index < -0.39 is 0 Å². The van der Waals surface area contributed by atoms with Crippen LogP contribution in [0.2, 0.25) is 5.02 Å². The summed E-state index contributed by atoms with van der Waals surface area (Å²) in [6.45, 7) is 6.63. The maximum Gasteiger partial charge on any atom is 0.126 e. The van der Waals surface area contributed by atoms with Gasteiger partial charge in [-0.1, -0.05) is 36.7 Å². The number of piperidine rings is 1. The zero-order chi connectivity index (χ0) is 19.1. The zero-order valence-corrected chi connectivity index (χ0v) is 17.3. The van der Waals surface area contributed by atoms with Gasteiger partial charge in [-0.05, 0) is 69.4 Å². The van der Waals surface area contributed by atoms with Crippen molar-refractivity contribution in [2.45, 2.75) is 50.5 Å². The molecule has 2 aliphatic heterocycles. The molecule has 1 fully saturated rings. The zero-order valence-electron chi connectivity index (χ0n) is 16.5. The fraction of sp³-hybridized carbons (Fsp3) is 0.500. The predicted molar refractivity (Wildman–Crippen MR) is 113 cm³/mol. The second-order valence-corrected chi connectivity index (χ2v) is 8.93. The van der Waals surface area contributed by atoms with Crippen molar-refractivity contribution in [3.63, 3.8) is 0 Å². The minimum Gasteiger partial charge on any atom is -0.492 e. The van der Waals surface area contributed by atoms with Crippen LogP contribution in [0.3, 0.4) is 0 Å². The van der Waals surface area contributed by atoms with Crippen LogP contribution in [0.5, 0.6) is 11.5 Å². The highest BCUT2D eigenvalue weighted by Gasteiger charge is 2.43. The molecule has 4 heteroatoms. The maximum atomic E-state index is 6.45. The normalized spacial score (nSPS) is 22.7. The first-order valence-corrected chi connectivity index (χ1v) is 11.0. The Morgan fingerprint density at radius 1 is 1.21 bits per heavy atom. The van der Waals surface area contributed by atoms with Gasteiger partial charge >= 0.3 is 0 Å². The average molecular weight is 398 g/mol. The quantitative estimate of drug-likeness (QED) is 0.675. The third-order valence-electron chi connectivity index (χ3n) is 6.80. The van der Waals surface area contributed by atoms with Gasteiger partial charge in [0.25, 0.3) is 0 Å². The molecule has 0 amide bonds. The second kappa shape index (κ2) is 7.27. The third-order valence-corrected chi connectivity index (χ3v) is 7.13. The van der Waals surface area contributed by atoms with Crippen molar-refractivity contribution >= 4 is 11.6 Å². The Morgan fingerprint density at radius 2 is 2.07 bits per heavy atom. The van der Waals surface area contributed by atoms with Crippen molar-refractivity contribution in [3.8, 4) is 11.5 Å². The van der Waals surface area contributed by atoms with E-state index in [0.29, 0.717) is 0 Å². The number of hydrogen-bond acceptors (Lipinski definition) is 3. The third kappa shape index (κ3) is 3.09. The van der Waals surface area contributed by atoms with Crippen LogP contribution in [0, 0.1) is 0 Å². The lowest BCUT2D eigenvalue weighted by molar-refractivity contribution is 0.135. The van der Waals surface area contributed by atoms with Crippen LogP contribution in [-0.2, 0) is 11.8 Å². The van der Waals surface area contributed by atoms with Crippen LogP contribution >= 0.6 is 11.6 Å². The number of fused-ring (bicyclic) bond motifs is 3. The Bertz CT molecular complexity index is 873. The average Bonchev–Trinajstić information content (AvgIpc) is 3.27. The summed E-state index contributed by atoms with van der Waals surface area (Å²) < 4.78 is 12.5. The van der Waals surface area contributed by atoms with Crippen molar-refractivity contribution in [1.29, 1.82) is 0 Å². The van der Waals surface area contributed by atoms with Gasteiger partial charge < -0.3 is 14.4 Å². The van der Waals surface area contributed by atoms with Crippen LogP contribution in [0.15, 0.2) is 36.4 Å². The van der Waals surface area contributed by atoms with E-state index >= 15 is 0 Å². The molecule has 1 aliphatic carbocycles. The summed E-state index contributed by atoms with van der Waals surface area (Å²) in [5.74, 6) is 1.90. The van der Waals surface area contributed by atoms with Crippen molar-refractivity contribution in [2.24, 2.45) is 0 Å². The molecule has 0 radical (unpaired) electrons. The molecule has 28 heavy (non-hydrogen) atoms. The molecule has 0 N–H and O–H groups in total. The number of hydrogen-bond donors (Lipinski definition) is 0. The number of halogens is 1. The topological polar surface area (TPSA) is 21.7 Å². The van der Waals surface area contributed by atoms with Gasteiger partial charge in [-0.15, -0.1) is 0 Å². The van der Waals surface area contributed by atoms with Gasteiger partial charge in [0, 0.05) is 27.6 Å². The lowest BCUT2D eigenvalue weighted by Gasteiger charge is -2.38. The second-order valence-electron chi connectivity index (χ2n) is 8.53. The molecule has 0 saturated carbocycles. The Labute approximate surface area is 172 Å². The first-order valence-electron chi connectivity index (χ1n) is 10.6. The summed E-state index contributed by atoms with van der Waals surface area (Å²) in [6, 6.07) is 12.6. The molecule has 0 aromatic heterocycles. The van der Waals surface area contributed by atoms with Gasteiger partial charge in [-0.2, -0.15) is 0 Å². The fourth-order valence-corrected chi connectivity index (χ4v) is 5.55. The van der Waals surface area contributed by atoms with Crippen LogP contribution in [0.1, 0.15) is 55.4 Å². The molecule has 2 aromatic carbocycles. The molecule has 3 nitrogen and oxygen atoms in total. The number of rotatable bonds is 4. The van der Waals surface area contributed by atoms with Crippen molar-refractivity contribution < 1.29 is 9.47 Å². The standard InChI is InChI=1S/C24H28ClNO2/c1-2-12-26-13-10-24(11-14-26)16-27-22-15-18(7-8-19(22)24)28-21-9-6-17-4-3-5-20(25)23(17)21/h3-5,7-8,15,21H,2,6,9-14,16H2,1H3.